The molecule has 1 aliphatic heterocycles. The Morgan fingerprint density at radius 3 is 2.55 bits per heavy atom. The van der Waals surface area contributed by atoms with Crippen LogP contribution in [0.3, 0.4) is 0 Å². The first-order chi connectivity index (χ1) is 9.61. The molecule has 0 radical (unpaired) electrons. The van der Waals surface area contributed by atoms with Gasteiger partial charge in [-0.25, -0.2) is 0 Å². The van der Waals surface area contributed by atoms with E-state index in [0.717, 1.165) is 37.2 Å². The fourth-order valence-electron chi connectivity index (χ4n) is 2.68. The molecule has 0 bridgehead atoms. The molecule has 3 nitrogen and oxygen atoms in total. The summed E-state index contributed by atoms with van der Waals surface area (Å²) in [7, 11) is 1.67. The average molecular weight is 275 g/mol. The molecule has 0 aliphatic carbocycles. The van der Waals surface area contributed by atoms with Gasteiger partial charge in [0.2, 0.25) is 5.91 Å². The number of piperidine rings is 1. The average Bonchev–Trinajstić information content (AvgIpc) is 2.48. The maximum absolute atomic E-state index is 12.3. The first kappa shape index (κ1) is 14.9. The minimum absolute atomic E-state index is 0.222. The van der Waals surface area contributed by atoms with E-state index in [1.54, 1.807) is 7.11 Å². The highest BCUT2D eigenvalue weighted by Gasteiger charge is 2.18. The van der Waals surface area contributed by atoms with E-state index in [1.807, 2.05) is 11.0 Å². The second-order valence-corrected chi connectivity index (χ2v) is 5.84. The van der Waals surface area contributed by atoms with Crippen LogP contribution in [0.5, 0.6) is 5.75 Å². The molecule has 0 N–H and O–H groups in total. The minimum atomic E-state index is 0.222. The molecule has 3 heteroatoms. The van der Waals surface area contributed by atoms with E-state index in [1.165, 1.54) is 12.0 Å². The second kappa shape index (κ2) is 6.78. The summed E-state index contributed by atoms with van der Waals surface area (Å²) in [4.78, 5) is 14.3. The van der Waals surface area contributed by atoms with Gasteiger partial charge in [-0.2, -0.15) is 0 Å². The molecule has 0 spiro atoms. The van der Waals surface area contributed by atoms with Crippen molar-refractivity contribution in [2.24, 2.45) is 0 Å². The SMILES string of the molecule is COc1cc(C(C)C)ccc1CC(=O)N1CCCCC1. The lowest BCUT2D eigenvalue weighted by atomic mass is 9.99. The first-order valence-corrected chi connectivity index (χ1v) is 7.56. The molecule has 0 aromatic heterocycles. The van der Waals surface area contributed by atoms with E-state index < -0.39 is 0 Å². The van der Waals surface area contributed by atoms with Crippen LogP contribution in [0.15, 0.2) is 18.2 Å². The van der Waals surface area contributed by atoms with Gasteiger partial charge in [0.1, 0.15) is 5.75 Å². The number of nitrogens with zero attached hydrogens (tertiary/aromatic N) is 1. The van der Waals surface area contributed by atoms with E-state index in [9.17, 15) is 4.79 Å². The molecule has 1 heterocycles. The van der Waals surface area contributed by atoms with Crippen molar-refractivity contribution >= 4 is 5.91 Å². The van der Waals surface area contributed by atoms with Gasteiger partial charge in [0.05, 0.1) is 13.5 Å². The summed E-state index contributed by atoms with van der Waals surface area (Å²) in [6.45, 7) is 6.14. The fraction of sp³-hybridized carbons (Fsp3) is 0.588. The summed E-state index contributed by atoms with van der Waals surface area (Å²) in [5.74, 6) is 1.53. The number of likely N-dealkylation sites (tertiary alicyclic amines) is 1. The lowest BCUT2D eigenvalue weighted by Crippen LogP contribution is -2.36. The standard InChI is InChI=1S/C17H25NO2/c1-13(2)14-7-8-15(16(11-14)20-3)12-17(19)18-9-5-4-6-10-18/h7-8,11,13H,4-6,9-10,12H2,1-3H3. The molecular weight excluding hydrogens is 250 g/mol. The number of ether oxygens (including phenoxy) is 1. The molecule has 1 aliphatic rings. The number of carbonyl (C=O) groups is 1. The zero-order valence-corrected chi connectivity index (χ0v) is 12.8. The molecular formula is C17H25NO2. The predicted octanol–water partition coefficient (Wildman–Crippen LogP) is 3.37. The number of rotatable bonds is 4. The third-order valence-electron chi connectivity index (χ3n) is 4.03. The summed E-state index contributed by atoms with van der Waals surface area (Å²) in [5, 5.41) is 0. The lowest BCUT2D eigenvalue weighted by Gasteiger charge is -2.27. The van der Waals surface area contributed by atoms with E-state index in [2.05, 4.69) is 26.0 Å². The minimum Gasteiger partial charge on any atom is -0.496 e. The zero-order valence-electron chi connectivity index (χ0n) is 12.8. The van der Waals surface area contributed by atoms with Crippen LogP contribution in [0, 0.1) is 0 Å². The monoisotopic (exact) mass is 275 g/mol. The van der Waals surface area contributed by atoms with Crippen LogP contribution < -0.4 is 4.74 Å². The number of amides is 1. The van der Waals surface area contributed by atoms with Crippen LogP contribution in [0.2, 0.25) is 0 Å². The molecule has 20 heavy (non-hydrogen) atoms. The number of hydrogen-bond donors (Lipinski definition) is 0. The van der Waals surface area contributed by atoms with Crippen molar-refractivity contribution in [1.82, 2.24) is 4.90 Å². The molecule has 1 aromatic carbocycles. The van der Waals surface area contributed by atoms with Gasteiger partial charge in [0, 0.05) is 18.7 Å². The van der Waals surface area contributed by atoms with Gasteiger partial charge in [0.25, 0.3) is 0 Å². The van der Waals surface area contributed by atoms with Crippen LogP contribution in [0.4, 0.5) is 0 Å². The second-order valence-electron chi connectivity index (χ2n) is 5.84. The number of benzene rings is 1. The Morgan fingerprint density at radius 1 is 1.25 bits per heavy atom. The largest absolute Gasteiger partial charge is 0.496 e. The summed E-state index contributed by atoms with van der Waals surface area (Å²) >= 11 is 0. The fourth-order valence-corrected chi connectivity index (χ4v) is 2.68. The van der Waals surface area contributed by atoms with E-state index >= 15 is 0 Å². The smallest absolute Gasteiger partial charge is 0.227 e. The lowest BCUT2D eigenvalue weighted by molar-refractivity contribution is -0.131. The quantitative estimate of drug-likeness (QED) is 0.843. The summed E-state index contributed by atoms with van der Waals surface area (Å²) in [6.07, 6.45) is 3.96. The highest BCUT2D eigenvalue weighted by atomic mass is 16.5. The van der Waals surface area contributed by atoms with Crippen molar-refractivity contribution in [3.8, 4) is 5.75 Å². The molecule has 2 rings (SSSR count). The van der Waals surface area contributed by atoms with Crippen LogP contribution in [0.1, 0.15) is 50.2 Å². The number of methoxy groups -OCH3 is 1. The van der Waals surface area contributed by atoms with Gasteiger partial charge in [-0.15, -0.1) is 0 Å². The maximum atomic E-state index is 12.3. The summed E-state index contributed by atoms with van der Waals surface area (Å²) in [5.41, 5.74) is 2.24. The third kappa shape index (κ3) is 3.53. The van der Waals surface area contributed by atoms with Crippen molar-refractivity contribution < 1.29 is 9.53 Å². The van der Waals surface area contributed by atoms with Gasteiger partial charge >= 0.3 is 0 Å². The van der Waals surface area contributed by atoms with Gasteiger partial charge in [-0.1, -0.05) is 26.0 Å². The molecule has 1 amide bonds. The van der Waals surface area contributed by atoms with Crippen molar-refractivity contribution in [2.45, 2.75) is 45.4 Å². The Hall–Kier alpha value is -1.51. The molecule has 0 saturated carbocycles. The Balaban J connectivity index is 2.09. The Labute approximate surface area is 121 Å². The van der Waals surface area contributed by atoms with E-state index in [-0.39, 0.29) is 5.91 Å². The zero-order chi connectivity index (χ0) is 14.5. The molecule has 1 aromatic rings. The first-order valence-electron chi connectivity index (χ1n) is 7.56. The maximum Gasteiger partial charge on any atom is 0.227 e. The predicted molar refractivity (Wildman–Crippen MR) is 81.2 cm³/mol. The molecule has 110 valence electrons. The molecule has 0 unspecified atom stereocenters. The normalized spacial score (nSPS) is 15.5. The van der Waals surface area contributed by atoms with Gasteiger partial charge < -0.3 is 9.64 Å². The molecule has 1 fully saturated rings. The van der Waals surface area contributed by atoms with Crippen molar-refractivity contribution in [2.75, 3.05) is 20.2 Å². The Morgan fingerprint density at radius 2 is 1.95 bits per heavy atom. The van der Waals surface area contributed by atoms with Crippen molar-refractivity contribution in [3.63, 3.8) is 0 Å². The molecule has 0 atom stereocenters. The number of carbonyl (C=O) groups excluding carboxylic acids is 1. The Bertz CT molecular complexity index is 462. The van der Waals surface area contributed by atoms with Gasteiger partial charge in [-0.05, 0) is 36.8 Å². The van der Waals surface area contributed by atoms with Crippen LogP contribution in [-0.2, 0) is 11.2 Å². The highest BCUT2D eigenvalue weighted by molar-refractivity contribution is 5.79. The summed E-state index contributed by atoms with van der Waals surface area (Å²) < 4.78 is 5.45. The number of hydrogen-bond acceptors (Lipinski definition) is 2. The van der Waals surface area contributed by atoms with Crippen molar-refractivity contribution in [1.29, 1.82) is 0 Å². The Kier molecular flexibility index (Phi) is 5.05. The van der Waals surface area contributed by atoms with Gasteiger partial charge in [-0.3, -0.25) is 4.79 Å². The van der Waals surface area contributed by atoms with Crippen LogP contribution in [0.25, 0.3) is 0 Å². The van der Waals surface area contributed by atoms with Crippen LogP contribution >= 0.6 is 0 Å². The molecule has 1 saturated heterocycles. The van der Waals surface area contributed by atoms with Crippen molar-refractivity contribution in [3.05, 3.63) is 29.3 Å². The van der Waals surface area contributed by atoms with Crippen LogP contribution in [-0.4, -0.2) is 31.0 Å². The summed E-state index contributed by atoms with van der Waals surface area (Å²) in [6, 6.07) is 6.20. The van der Waals surface area contributed by atoms with E-state index in [4.69, 9.17) is 4.74 Å². The topological polar surface area (TPSA) is 29.5 Å². The highest BCUT2D eigenvalue weighted by Crippen LogP contribution is 2.25. The van der Waals surface area contributed by atoms with E-state index in [0.29, 0.717) is 12.3 Å². The third-order valence-corrected chi connectivity index (χ3v) is 4.03. The van der Waals surface area contributed by atoms with Gasteiger partial charge in [0.15, 0.2) is 0 Å².